The largest absolute Gasteiger partial charge is 0.489 e. The summed E-state index contributed by atoms with van der Waals surface area (Å²) in [6.45, 7) is 3.81. The molecule has 0 saturated carbocycles. The normalized spacial score (nSPS) is 14.5. The zero-order valence-corrected chi connectivity index (χ0v) is 18.6. The van der Waals surface area contributed by atoms with E-state index < -0.39 is 6.09 Å². The van der Waals surface area contributed by atoms with Crippen LogP contribution >= 0.6 is 0 Å². The Hall–Kier alpha value is -3.80. The van der Waals surface area contributed by atoms with E-state index in [0.29, 0.717) is 25.6 Å². The fraction of sp³-hybridized carbons (Fsp3) is 0.259. The van der Waals surface area contributed by atoms with Crippen LogP contribution < -0.4 is 4.74 Å². The van der Waals surface area contributed by atoms with Crippen LogP contribution in [-0.2, 0) is 6.61 Å². The maximum absolute atomic E-state index is 11.2. The molecule has 2 N–H and O–H groups in total. The molecule has 3 aromatic carbocycles. The molecule has 1 saturated heterocycles. The average molecular weight is 442 g/mol. The first-order chi connectivity index (χ1) is 16.1. The minimum Gasteiger partial charge on any atom is -0.489 e. The van der Waals surface area contributed by atoms with Gasteiger partial charge in [-0.05, 0) is 72.7 Å². The number of amides is 1. The monoisotopic (exact) mass is 441 g/mol. The molecule has 0 unspecified atom stereocenters. The van der Waals surface area contributed by atoms with E-state index in [9.17, 15) is 9.90 Å². The Morgan fingerprint density at radius 1 is 1.09 bits per heavy atom. The molecule has 6 nitrogen and oxygen atoms in total. The average Bonchev–Trinajstić information content (AvgIpc) is 3.29. The second kappa shape index (κ2) is 8.98. The molecule has 4 aromatic rings. The first-order valence-corrected chi connectivity index (χ1v) is 11.3. The molecule has 1 amide bonds. The number of nitrogens with zero attached hydrogens (tertiary/aromatic N) is 2. The molecule has 0 radical (unpaired) electrons. The number of benzene rings is 3. The van der Waals surface area contributed by atoms with E-state index in [1.54, 1.807) is 0 Å². The molecular formula is C27H27N3O3. The highest BCUT2D eigenvalue weighted by Crippen LogP contribution is 2.32. The summed E-state index contributed by atoms with van der Waals surface area (Å²) < 4.78 is 5.90. The Morgan fingerprint density at radius 3 is 2.52 bits per heavy atom. The second-order valence-electron chi connectivity index (χ2n) is 8.66. The molecule has 1 aromatic heterocycles. The van der Waals surface area contributed by atoms with Crippen molar-refractivity contribution in [1.82, 2.24) is 14.9 Å². The van der Waals surface area contributed by atoms with Gasteiger partial charge in [0.15, 0.2) is 0 Å². The van der Waals surface area contributed by atoms with Gasteiger partial charge in [-0.15, -0.1) is 0 Å². The Balaban J connectivity index is 1.32. The Kier molecular flexibility index (Phi) is 5.73. The quantitative estimate of drug-likeness (QED) is 0.400. The number of rotatable bonds is 5. The summed E-state index contributed by atoms with van der Waals surface area (Å²) in [5, 5.41) is 9.19. The first kappa shape index (κ1) is 21.1. The van der Waals surface area contributed by atoms with E-state index in [2.05, 4.69) is 36.2 Å². The molecule has 0 aliphatic carbocycles. The number of carboxylic acid groups (broad SMARTS) is 1. The maximum atomic E-state index is 11.2. The molecule has 1 fully saturated rings. The molecule has 6 heteroatoms. The zero-order valence-electron chi connectivity index (χ0n) is 18.6. The number of aromatic amines is 1. The van der Waals surface area contributed by atoms with Gasteiger partial charge in [-0.1, -0.05) is 36.4 Å². The van der Waals surface area contributed by atoms with Gasteiger partial charge in [0.25, 0.3) is 0 Å². The first-order valence-electron chi connectivity index (χ1n) is 11.3. The molecule has 2 heterocycles. The van der Waals surface area contributed by atoms with Crippen LogP contribution in [0.4, 0.5) is 4.79 Å². The lowest BCUT2D eigenvalue weighted by Gasteiger charge is -2.30. The van der Waals surface area contributed by atoms with Gasteiger partial charge in [-0.25, -0.2) is 9.78 Å². The topological polar surface area (TPSA) is 78.5 Å². The van der Waals surface area contributed by atoms with Gasteiger partial charge in [0, 0.05) is 18.7 Å². The highest BCUT2D eigenvalue weighted by molar-refractivity contribution is 5.83. The van der Waals surface area contributed by atoms with Crippen LogP contribution in [0.3, 0.4) is 0 Å². The summed E-state index contributed by atoms with van der Waals surface area (Å²) in [6, 6.07) is 22.5. The highest BCUT2D eigenvalue weighted by atomic mass is 16.5. The number of hydrogen-bond donors (Lipinski definition) is 2. The summed E-state index contributed by atoms with van der Waals surface area (Å²) >= 11 is 0. The number of H-pyrrole nitrogens is 1. The van der Waals surface area contributed by atoms with Gasteiger partial charge in [0.1, 0.15) is 18.2 Å². The van der Waals surface area contributed by atoms with Crippen molar-refractivity contribution in [2.45, 2.75) is 32.3 Å². The second-order valence-corrected chi connectivity index (χ2v) is 8.66. The van der Waals surface area contributed by atoms with E-state index in [1.165, 1.54) is 10.5 Å². The number of imidazole rings is 1. The van der Waals surface area contributed by atoms with Gasteiger partial charge in [0.05, 0.1) is 11.0 Å². The Morgan fingerprint density at radius 2 is 1.82 bits per heavy atom. The third-order valence-electron chi connectivity index (χ3n) is 6.43. The summed E-state index contributed by atoms with van der Waals surface area (Å²) in [4.78, 5) is 21.0. The highest BCUT2D eigenvalue weighted by Gasteiger charge is 2.24. The molecule has 168 valence electrons. The molecule has 0 atom stereocenters. The summed E-state index contributed by atoms with van der Waals surface area (Å²) in [5.41, 5.74) is 6.54. The summed E-state index contributed by atoms with van der Waals surface area (Å²) in [5.74, 6) is 2.02. The number of carbonyl (C=O) groups is 1. The molecule has 0 bridgehead atoms. The molecule has 1 aliphatic heterocycles. The van der Waals surface area contributed by atoms with Gasteiger partial charge in [0.2, 0.25) is 0 Å². The van der Waals surface area contributed by atoms with Crippen LogP contribution in [0.15, 0.2) is 66.7 Å². The number of ether oxygens (including phenoxy) is 1. The molecule has 5 rings (SSSR count). The minimum atomic E-state index is -0.825. The third kappa shape index (κ3) is 4.55. The smallest absolute Gasteiger partial charge is 0.407 e. The predicted octanol–water partition coefficient (Wildman–Crippen LogP) is 5.97. The van der Waals surface area contributed by atoms with Crippen LogP contribution in [0.25, 0.3) is 22.4 Å². The number of aryl methyl sites for hydroxylation is 1. The van der Waals surface area contributed by atoms with Gasteiger partial charge in [-0.3, -0.25) is 0 Å². The Bertz CT molecular complexity index is 1260. The van der Waals surface area contributed by atoms with Crippen molar-refractivity contribution in [1.29, 1.82) is 0 Å². The van der Waals surface area contributed by atoms with Crippen LogP contribution in [0.5, 0.6) is 5.75 Å². The molecule has 1 aliphatic rings. The fourth-order valence-corrected chi connectivity index (χ4v) is 4.54. The van der Waals surface area contributed by atoms with Gasteiger partial charge < -0.3 is 19.7 Å². The van der Waals surface area contributed by atoms with Crippen molar-refractivity contribution in [3.8, 4) is 17.1 Å². The van der Waals surface area contributed by atoms with E-state index in [0.717, 1.165) is 52.1 Å². The van der Waals surface area contributed by atoms with Crippen molar-refractivity contribution in [3.63, 3.8) is 0 Å². The molecular weight excluding hydrogens is 414 g/mol. The van der Waals surface area contributed by atoms with Crippen LogP contribution in [-0.4, -0.2) is 39.2 Å². The lowest BCUT2D eigenvalue weighted by atomic mass is 9.88. The van der Waals surface area contributed by atoms with Gasteiger partial charge in [-0.2, -0.15) is 0 Å². The van der Waals surface area contributed by atoms with Crippen molar-refractivity contribution in [2.75, 3.05) is 13.1 Å². The van der Waals surface area contributed by atoms with Crippen molar-refractivity contribution in [3.05, 3.63) is 83.4 Å². The number of hydrogen-bond acceptors (Lipinski definition) is 3. The predicted molar refractivity (Wildman–Crippen MR) is 129 cm³/mol. The lowest BCUT2D eigenvalue weighted by molar-refractivity contribution is 0.132. The minimum absolute atomic E-state index is 0.366. The molecule has 33 heavy (non-hydrogen) atoms. The number of piperidine rings is 1. The lowest BCUT2D eigenvalue weighted by Crippen LogP contribution is -2.36. The van der Waals surface area contributed by atoms with Crippen molar-refractivity contribution < 1.29 is 14.6 Å². The summed E-state index contributed by atoms with van der Waals surface area (Å²) in [7, 11) is 0. The van der Waals surface area contributed by atoms with E-state index in [4.69, 9.17) is 9.72 Å². The summed E-state index contributed by atoms with van der Waals surface area (Å²) in [6.07, 6.45) is 0.867. The van der Waals surface area contributed by atoms with Crippen molar-refractivity contribution >= 4 is 17.1 Å². The third-order valence-corrected chi connectivity index (χ3v) is 6.43. The number of likely N-dealkylation sites (tertiary alicyclic amines) is 1. The van der Waals surface area contributed by atoms with Crippen molar-refractivity contribution in [2.24, 2.45) is 0 Å². The number of nitrogens with one attached hydrogen (secondary N) is 1. The van der Waals surface area contributed by atoms with E-state index >= 15 is 0 Å². The molecule has 0 spiro atoms. The zero-order chi connectivity index (χ0) is 22.8. The van der Waals surface area contributed by atoms with Crippen LogP contribution in [0.2, 0.25) is 0 Å². The van der Waals surface area contributed by atoms with Gasteiger partial charge >= 0.3 is 6.09 Å². The fourth-order valence-electron chi connectivity index (χ4n) is 4.54. The standard InChI is InChI=1S/C27H27N3O3/c1-18-15-22(20-11-13-30(14-12-20)27(31)32)16-24-25(18)29-26(28-24)21-7-9-23(10-8-21)33-17-19-5-3-2-4-6-19/h2-10,15-16,20H,11-14,17H2,1H3,(H,28,29)(H,31,32). The van der Waals surface area contributed by atoms with E-state index in [1.807, 2.05) is 42.5 Å². The Labute approximate surface area is 192 Å². The van der Waals surface area contributed by atoms with Crippen LogP contribution in [0.1, 0.15) is 35.4 Å². The maximum Gasteiger partial charge on any atom is 0.407 e. The number of fused-ring (bicyclic) bond motifs is 1. The van der Waals surface area contributed by atoms with E-state index in [-0.39, 0.29) is 0 Å². The SMILES string of the molecule is Cc1cc(C2CCN(C(=O)O)CC2)cc2nc(-c3ccc(OCc4ccccc4)cc3)[nH]c12. The number of aromatic nitrogens is 2. The van der Waals surface area contributed by atoms with Crippen LogP contribution in [0, 0.1) is 6.92 Å².